The second-order valence-electron chi connectivity index (χ2n) is 9.25. The third-order valence-electron chi connectivity index (χ3n) is 7.32. The lowest BCUT2D eigenvalue weighted by Gasteiger charge is -2.36. The van der Waals surface area contributed by atoms with Gasteiger partial charge >= 0.3 is 0 Å². The molecule has 3 rings (SSSR count). The van der Waals surface area contributed by atoms with Gasteiger partial charge in [-0.25, -0.2) is 0 Å². The number of fused-ring (bicyclic) bond motifs is 1. The van der Waals surface area contributed by atoms with Crippen molar-refractivity contribution in [1.82, 2.24) is 15.5 Å². The number of rotatable bonds is 10. The maximum Gasteiger partial charge on any atom is 0.245 e. The van der Waals surface area contributed by atoms with Gasteiger partial charge in [-0.1, -0.05) is 33.6 Å². The molecule has 1 spiro atoms. The maximum absolute atomic E-state index is 13.5. The molecule has 3 saturated heterocycles. The minimum Gasteiger partial charge on any atom is -0.395 e. The molecule has 3 aliphatic heterocycles. The number of ether oxygens (including phenoxy) is 1. The van der Waals surface area contributed by atoms with Crippen LogP contribution in [-0.4, -0.2) is 71.2 Å². The summed E-state index contributed by atoms with van der Waals surface area (Å²) in [5.74, 6) is -2.00. The van der Waals surface area contributed by atoms with Crippen LogP contribution in [0.25, 0.3) is 0 Å². The number of likely N-dealkylation sites (tertiary alicyclic amines) is 1. The average Bonchev–Trinajstić information content (AvgIpc) is 3.21. The molecule has 0 aliphatic carbocycles. The lowest BCUT2D eigenvalue weighted by molar-refractivity contribution is -0.147. The fraction of sp³-hybridized carbons (Fsp3) is 0.864. The number of nitrogens with one attached hydrogen (secondary N) is 2. The first-order valence-corrected chi connectivity index (χ1v) is 11.4. The number of carbonyl (C=O) groups excluding carboxylic acids is 3. The summed E-state index contributed by atoms with van der Waals surface area (Å²) in [6, 6.07) is -0.822. The first-order chi connectivity index (χ1) is 14.3. The van der Waals surface area contributed by atoms with Crippen molar-refractivity contribution in [3.05, 3.63) is 0 Å². The smallest absolute Gasteiger partial charge is 0.245 e. The van der Waals surface area contributed by atoms with E-state index in [0.717, 1.165) is 25.7 Å². The van der Waals surface area contributed by atoms with Crippen LogP contribution in [0.4, 0.5) is 0 Å². The number of nitrogens with zero attached hydrogens (tertiary/aromatic N) is 1. The van der Waals surface area contributed by atoms with E-state index in [1.54, 1.807) is 0 Å². The largest absolute Gasteiger partial charge is 0.395 e. The Hall–Kier alpha value is -1.67. The summed E-state index contributed by atoms with van der Waals surface area (Å²) < 4.78 is 6.54. The van der Waals surface area contributed by atoms with E-state index in [-0.39, 0.29) is 36.8 Å². The fourth-order valence-corrected chi connectivity index (χ4v) is 5.83. The van der Waals surface area contributed by atoms with Gasteiger partial charge in [0.1, 0.15) is 11.6 Å². The van der Waals surface area contributed by atoms with Crippen LogP contribution in [0, 0.1) is 17.8 Å². The Balaban J connectivity index is 1.94. The van der Waals surface area contributed by atoms with Crippen molar-refractivity contribution in [1.29, 1.82) is 0 Å². The van der Waals surface area contributed by atoms with Gasteiger partial charge in [-0.2, -0.15) is 0 Å². The van der Waals surface area contributed by atoms with Gasteiger partial charge in [0.25, 0.3) is 0 Å². The average molecular weight is 424 g/mol. The van der Waals surface area contributed by atoms with E-state index < -0.39 is 29.1 Å². The molecular weight excluding hydrogens is 386 g/mol. The number of carbonyl (C=O) groups is 3. The first-order valence-electron chi connectivity index (χ1n) is 11.4. The van der Waals surface area contributed by atoms with Crippen LogP contribution in [-0.2, 0) is 19.1 Å². The lowest BCUT2D eigenvalue weighted by Crippen LogP contribution is -2.56. The highest BCUT2D eigenvalue weighted by Crippen LogP contribution is 2.65. The predicted molar refractivity (Wildman–Crippen MR) is 111 cm³/mol. The van der Waals surface area contributed by atoms with Gasteiger partial charge in [0.2, 0.25) is 17.7 Å². The summed E-state index contributed by atoms with van der Waals surface area (Å²) in [4.78, 5) is 41.3. The van der Waals surface area contributed by atoms with Gasteiger partial charge in [-0.3, -0.25) is 14.4 Å². The number of aliphatic hydroxyl groups excluding tert-OH is 1. The van der Waals surface area contributed by atoms with Gasteiger partial charge in [0.05, 0.1) is 24.0 Å². The standard InChI is InChI=1S/C22H37N3O5/c1-5-7-8-10-24-19(28)17-22-13-14(3)21(4,30-22)15(18(27)23-9-6-2)16(22)20(29)25(17)11-12-26/h14-17,26H,5-13H2,1-4H3,(H,23,27)(H,24,28)/t14?,15-,16-,17?,21+,22?/m0/s1. The molecule has 3 N–H and O–H groups in total. The molecule has 3 unspecified atom stereocenters. The molecule has 3 fully saturated rings. The second-order valence-corrected chi connectivity index (χ2v) is 9.25. The van der Waals surface area contributed by atoms with E-state index in [9.17, 15) is 19.5 Å². The molecule has 0 aromatic heterocycles. The topological polar surface area (TPSA) is 108 Å². The molecule has 3 amide bonds. The second kappa shape index (κ2) is 8.83. The normalized spacial score (nSPS) is 36.8. The Morgan fingerprint density at radius 3 is 2.50 bits per heavy atom. The summed E-state index contributed by atoms with van der Waals surface area (Å²) in [7, 11) is 0. The third kappa shape index (κ3) is 3.42. The Kier molecular flexibility index (Phi) is 6.77. The number of β-amino-alcohol motifs (C(OH)–C–C–N with tert-alkyl or cyclic N) is 1. The van der Waals surface area contributed by atoms with Crippen molar-refractivity contribution < 1.29 is 24.2 Å². The van der Waals surface area contributed by atoms with Crippen molar-refractivity contribution in [2.45, 2.75) is 77.0 Å². The van der Waals surface area contributed by atoms with E-state index in [4.69, 9.17) is 4.74 Å². The van der Waals surface area contributed by atoms with E-state index in [1.807, 2.05) is 20.8 Å². The minimum absolute atomic E-state index is 0.0309. The Morgan fingerprint density at radius 1 is 1.17 bits per heavy atom. The quantitative estimate of drug-likeness (QED) is 0.451. The monoisotopic (exact) mass is 423 g/mol. The molecule has 30 heavy (non-hydrogen) atoms. The molecule has 3 heterocycles. The molecule has 0 radical (unpaired) electrons. The van der Waals surface area contributed by atoms with Gasteiger partial charge in [0.15, 0.2) is 0 Å². The number of hydrogen-bond acceptors (Lipinski definition) is 5. The number of aliphatic hydroxyl groups is 1. The van der Waals surface area contributed by atoms with Crippen molar-refractivity contribution in [2.75, 3.05) is 26.2 Å². The Labute approximate surface area is 179 Å². The summed E-state index contributed by atoms with van der Waals surface area (Å²) >= 11 is 0. The lowest BCUT2D eigenvalue weighted by atomic mass is 9.62. The molecule has 0 aromatic rings. The van der Waals surface area contributed by atoms with Gasteiger partial charge < -0.3 is 25.4 Å². The van der Waals surface area contributed by atoms with E-state index in [1.165, 1.54) is 4.90 Å². The zero-order valence-corrected chi connectivity index (χ0v) is 18.7. The molecule has 6 atom stereocenters. The molecular formula is C22H37N3O5. The highest BCUT2D eigenvalue weighted by Gasteiger charge is 2.79. The van der Waals surface area contributed by atoms with Crippen LogP contribution >= 0.6 is 0 Å². The number of amides is 3. The molecule has 170 valence electrons. The van der Waals surface area contributed by atoms with Crippen molar-refractivity contribution in [2.24, 2.45) is 17.8 Å². The fourth-order valence-electron chi connectivity index (χ4n) is 5.83. The molecule has 8 nitrogen and oxygen atoms in total. The van der Waals surface area contributed by atoms with Crippen LogP contribution in [0.3, 0.4) is 0 Å². The zero-order valence-electron chi connectivity index (χ0n) is 18.7. The minimum atomic E-state index is -1.02. The van der Waals surface area contributed by atoms with Crippen molar-refractivity contribution in [3.8, 4) is 0 Å². The van der Waals surface area contributed by atoms with Crippen molar-refractivity contribution >= 4 is 17.7 Å². The van der Waals surface area contributed by atoms with Gasteiger partial charge in [-0.15, -0.1) is 0 Å². The first kappa shape index (κ1) is 23.0. The summed E-state index contributed by atoms with van der Waals surface area (Å²) in [6.07, 6.45) is 4.29. The molecule has 0 saturated carbocycles. The van der Waals surface area contributed by atoms with Crippen molar-refractivity contribution in [3.63, 3.8) is 0 Å². The zero-order chi connectivity index (χ0) is 22.1. The highest BCUT2D eigenvalue weighted by molar-refractivity contribution is 5.99. The number of unbranched alkanes of at least 4 members (excludes halogenated alkanes) is 2. The van der Waals surface area contributed by atoms with Crippen LogP contribution in [0.2, 0.25) is 0 Å². The molecule has 3 aliphatic rings. The van der Waals surface area contributed by atoms with E-state index >= 15 is 0 Å². The van der Waals surface area contributed by atoms with E-state index in [2.05, 4.69) is 17.6 Å². The SMILES string of the molecule is CCCCCNC(=O)C1N(CCO)C(=O)[C@@H]2[C@@H](C(=O)NCCC)[C@]3(C)OC12CC3C. The molecule has 8 heteroatoms. The maximum atomic E-state index is 13.5. The van der Waals surface area contributed by atoms with Gasteiger partial charge in [-0.05, 0) is 32.1 Å². The highest BCUT2D eigenvalue weighted by atomic mass is 16.5. The Morgan fingerprint density at radius 2 is 1.87 bits per heavy atom. The molecule has 0 aromatic carbocycles. The van der Waals surface area contributed by atoms with Crippen LogP contribution < -0.4 is 10.6 Å². The summed E-state index contributed by atoms with van der Waals surface area (Å²) in [6.45, 7) is 8.90. The van der Waals surface area contributed by atoms with Crippen LogP contribution in [0.15, 0.2) is 0 Å². The predicted octanol–water partition coefficient (Wildman–Crippen LogP) is 0.822. The summed E-state index contributed by atoms with van der Waals surface area (Å²) in [5.41, 5.74) is -1.81. The number of hydrogen-bond donors (Lipinski definition) is 3. The van der Waals surface area contributed by atoms with Gasteiger partial charge in [0, 0.05) is 19.6 Å². The van der Waals surface area contributed by atoms with Crippen LogP contribution in [0.5, 0.6) is 0 Å². The van der Waals surface area contributed by atoms with Crippen LogP contribution in [0.1, 0.15) is 59.8 Å². The Bertz CT molecular complexity index is 686. The van der Waals surface area contributed by atoms with E-state index in [0.29, 0.717) is 19.5 Å². The molecule has 2 bridgehead atoms. The third-order valence-corrected chi connectivity index (χ3v) is 7.32. The summed E-state index contributed by atoms with van der Waals surface area (Å²) in [5, 5.41) is 15.5.